The summed E-state index contributed by atoms with van der Waals surface area (Å²) in [7, 11) is -4.30. The number of fused-ring (bicyclic) bond motifs is 1. The zero-order valence-corrected chi connectivity index (χ0v) is 24.2. The van der Waals surface area contributed by atoms with Crippen LogP contribution in [0.5, 0.6) is 10.8 Å². The number of alkyl halides is 3. The van der Waals surface area contributed by atoms with Crippen LogP contribution < -0.4 is 13.8 Å². The van der Waals surface area contributed by atoms with Crippen molar-refractivity contribution < 1.29 is 45.4 Å². The van der Waals surface area contributed by atoms with Gasteiger partial charge >= 0.3 is 12.1 Å². The Labute approximate surface area is 234 Å². The van der Waals surface area contributed by atoms with Crippen LogP contribution in [0.2, 0.25) is 0 Å². The predicted octanol–water partition coefficient (Wildman–Crippen LogP) is 5.17. The van der Waals surface area contributed by atoms with Gasteiger partial charge in [0.2, 0.25) is 15.7 Å². The van der Waals surface area contributed by atoms with E-state index in [0.29, 0.717) is 5.01 Å². The Morgan fingerprint density at radius 3 is 2.52 bits per heavy atom. The normalized spacial score (nSPS) is 17.7. The number of aromatic nitrogens is 1. The number of hydrogen-bond donors (Lipinski definition) is 0. The van der Waals surface area contributed by atoms with Crippen molar-refractivity contribution in [1.29, 1.82) is 0 Å². The zero-order chi connectivity index (χ0) is 29.5. The summed E-state index contributed by atoms with van der Waals surface area (Å²) in [4.78, 5) is 28.4. The summed E-state index contributed by atoms with van der Waals surface area (Å²) in [5.74, 6) is -0.828. The summed E-state index contributed by atoms with van der Waals surface area (Å²) in [6.07, 6.45) is -3.67. The molecule has 14 heteroatoms. The number of ether oxygens (including phenoxy) is 3. The number of anilines is 1. The minimum absolute atomic E-state index is 0.0772. The first-order valence-electron chi connectivity index (χ1n) is 12.9. The van der Waals surface area contributed by atoms with Crippen molar-refractivity contribution in [1.82, 2.24) is 4.98 Å². The molecule has 2 heterocycles. The summed E-state index contributed by atoms with van der Waals surface area (Å²) in [5.41, 5.74) is -2.36. The molecule has 0 spiro atoms. The van der Waals surface area contributed by atoms with Crippen LogP contribution in [-0.2, 0) is 30.8 Å². The Bertz CT molecular complexity index is 1390. The second kappa shape index (κ2) is 11.2. The van der Waals surface area contributed by atoms with Crippen molar-refractivity contribution in [3.05, 3.63) is 28.8 Å². The molecule has 0 saturated heterocycles. The number of hydrogen-bond acceptors (Lipinski definition) is 9. The predicted molar refractivity (Wildman–Crippen MR) is 140 cm³/mol. The van der Waals surface area contributed by atoms with Gasteiger partial charge in [-0.1, -0.05) is 17.4 Å². The SMILES string of the molecule is CCOc1sc(C2CC2)nc1S(=O)(=O)N1C[C@H](CCC(C)=O)Oc2ccc(CC(=O)OC(C)(C)C(F)(F)F)cc21. The minimum Gasteiger partial charge on any atom is -0.486 e. The van der Waals surface area contributed by atoms with Crippen molar-refractivity contribution in [2.24, 2.45) is 0 Å². The fourth-order valence-electron chi connectivity index (χ4n) is 4.06. The first-order valence-corrected chi connectivity index (χ1v) is 15.1. The molecule has 4 rings (SSSR count). The molecule has 0 amide bonds. The molecule has 40 heavy (non-hydrogen) atoms. The summed E-state index contributed by atoms with van der Waals surface area (Å²) < 4.78 is 85.1. The standard InChI is InChI=1S/C26H31F3N2O7S2/c1-5-36-24-23(30-22(39-24)17-8-9-17)40(34,35)31-14-18(10-6-15(2)32)37-20-11-7-16(12-19(20)31)13-21(33)38-25(3,4)26(27,28)29/h7,11-12,17-18H,5-6,8-10,13-14H2,1-4H3/t18-/m0/s1. The first-order chi connectivity index (χ1) is 18.6. The van der Waals surface area contributed by atoms with Gasteiger partial charge in [-0.25, -0.2) is 4.98 Å². The third kappa shape index (κ3) is 6.54. The van der Waals surface area contributed by atoms with E-state index in [1.807, 2.05) is 0 Å². The van der Waals surface area contributed by atoms with Crippen LogP contribution in [0.1, 0.15) is 69.9 Å². The lowest BCUT2D eigenvalue weighted by Gasteiger charge is -2.35. The molecule has 9 nitrogen and oxygen atoms in total. The zero-order valence-electron chi connectivity index (χ0n) is 22.5. The largest absolute Gasteiger partial charge is 0.486 e. The van der Waals surface area contributed by atoms with E-state index in [9.17, 15) is 31.2 Å². The highest BCUT2D eigenvalue weighted by atomic mass is 32.2. The Hall–Kier alpha value is -2.87. The van der Waals surface area contributed by atoms with Crippen LogP contribution >= 0.6 is 11.3 Å². The van der Waals surface area contributed by atoms with Gasteiger partial charge in [0.05, 0.1) is 25.3 Å². The van der Waals surface area contributed by atoms with Crippen LogP contribution in [0.15, 0.2) is 23.2 Å². The lowest BCUT2D eigenvalue weighted by atomic mass is 10.1. The highest BCUT2D eigenvalue weighted by Gasteiger charge is 2.50. The van der Waals surface area contributed by atoms with E-state index in [1.165, 1.54) is 36.5 Å². The summed E-state index contributed by atoms with van der Waals surface area (Å²) in [6.45, 7) is 4.76. The number of thiazole rings is 1. The molecule has 1 aliphatic carbocycles. The molecule has 220 valence electrons. The lowest BCUT2D eigenvalue weighted by Crippen LogP contribution is -2.44. The number of ketones is 1. The second-order valence-corrected chi connectivity index (χ2v) is 13.1. The van der Waals surface area contributed by atoms with Gasteiger partial charge in [0, 0.05) is 12.3 Å². The van der Waals surface area contributed by atoms with Crippen LogP contribution in [0.3, 0.4) is 0 Å². The number of Topliss-reactive ketones (excluding diaryl/α,β-unsaturated/α-hetero) is 1. The van der Waals surface area contributed by atoms with E-state index < -0.39 is 40.3 Å². The van der Waals surface area contributed by atoms with E-state index in [1.54, 1.807) is 6.92 Å². The Balaban J connectivity index is 1.69. The summed E-state index contributed by atoms with van der Waals surface area (Å²) in [5, 5.41) is 0.621. The number of halogens is 3. The molecule has 1 saturated carbocycles. The highest BCUT2D eigenvalue weighted by molar-refractivity contribution is 7.93. The van der Waals surface area contributed by atoms with Crippen molar-refractivity contribution in [3.8, 4) is 10.8 Å². The quantitative estimate of drug-likeness (QED) is 0.323. The maximum Gasteiger partial charge on any atom is 0.427 e. The topological polar surface area (TPSA) is 112 Å². The lowest BCUT2D eigenvalue weighted by molar-refractivity contribution is -0.257. The van der Waals surface area contributed by atoms with Crippen molar-refractivity contribution in [3.63, 3.8) is 0 Å². The van der Waals surface area contributed by atoms with Crippen molar-refractivity contribution >= 4 is 38.8 Å². The molecule has 2 aromatic rings. The van der Waals surface area contributed by atoms with E-state index in [4.69, 9.17) is 9.47 Å². The van der Waals surface area contributed by atoms with Crippen LogP contribution in [-0.4, -0.2) is 56.2 Å². The Morgan fingerprint density at radius 2 is 1.93 bits per heavy atom. The Kier molecular flexibility index (Phi) is 8.42. The third-order valence-corrected chi connectivity index (χ3v) is 9.44. The van der Waals surface area contributed by atoms with Gasteiger partial charge in [0.1, 0.15) is 22.6 Å². The van der Waals surface area contributed by atoms with E-state index in [-0.39, 0.29) is 64.8 Å². The maximum absolute atomic E-state index is 14.1. The monoisotopic (exact) mass is 604 g/mol. The number of carbonyl (C=O) groups excluding carboxylic acids is 2. The van der Waals surface area contributed by atoms with Gasteiger partial charge in [-0.15, -0.1) is 0 Å². The van der Waals surface area contributed by atoms with Gasteiger partial charge in [0.15, 0.2) is 0 Å². The molecule has 0 radical (unpaired) electrons. The molecule has 1 fully saturated rings. The maximum atomic E-state index is 14.1. The number of sulfonamides is 1. The molecular formula is C26H31F3N2O7S2. The summed E-state index contributed by atoms with van der Waals surface area (Å²) >= 11 is 1.19. The molecule has 0 bridgehead atoms. The number of carbonyl (C=O) groups is 2. The first kappa shape index (κ1) is 30.1. The van der Waals surface area contributed by atoms with Crippen molar-refractivity contribution in [2.75, 3.05) is 17.5 Å². The summed E-state index contributed by atoms with van der Waals surface area (Å²) in [6, 6.07) is 4.29. The Morgan fingerprint density at radius 1 is 1.23 bits per heavy atom. The van der Waals surface area contributed by atoms with E-state index in [0.717, 1.165) is 31.0 Å². The minimum atomic E-state index is -4.77. The molecule has 2 aliphatic rings. The molecule has 1 aliphatic heterocycles. The fourth-order valence-corrected chi connectivity index (χ4v) is 7.05. The van der Waals surface area contributed by atoms with Gasteiger partial charge in [-0.3, -0.25) is 9.10 Å². The average molecular weight is 605 g/mol. The molecule has 1 aromatic heterocycles. The molecular weight excluding hydrogens is 573 g/mol. The fraction of sp³-hybridized carbons (Fsp3) is 0.577. The molecule has 1 aromatic carbocycles. The van der Waals surface area contributed by atoms with Crippen LogP contribution in [0, 0.1) is 0 Å². The van der Waals surface area contributed by atoms with Crippen molar-refractivity contribution in [2.45, 2.75) is 88.6 Å². The van der Waals surface area contributed by atoms with Gasteiger partial charge < -0.3 is 19.0 Å². The highest BCUT2D eigenvalue weighted by Crippen LogP contribution is 2.47. The number of esters is 1. The molecule has 1 atom stereocenters. The van der Waals surface area contributed by atoms with Gasteiger partial charge in [0.25, 0.3) is 10.0 Å². The second-order valence-electron chi connectivity index (χ2n) is 10.3. The molecule has 0 unspecified atom stereocenters. The smallest absolute Gasteiger partial charge is 0.427 e. The average Bonchev–Trinajstić information content (AvgIpc) is 3.61. The number of rotatable bonds is 11. The van der Waals surface area contributed by atoms with E-state index in [2.05, 4.69) is 9.72 Å². The van der Waals surface area contributed by atoms with Crippen LogP contribution in [0.4, 0.5) is 18.9 Å². The van der Waals surface area contributed by atoms with Gasteiger partial charge in [-0.05, 0) is 64.7 Å². The van der Waals surface area contributed by atoms with E-state index >= 15 is 0 Å². The number of benzene rings is 1. The molecule has 0 N–H and O–H groups in total. The van der Waals surface area contributed by atoms with Crippen LogP contribution in [0.25, 0.3) is 0 Å². The third-order valence-electron chi connectivity index (χ3n) is 6.49. The number of nitrogens with zero attached hydrogens (tertiary/aromatic N) is 2. The van der Waals surface area contributed by atoms with Gasteiger partial charge in [-0.2, -0.15) is 21.6 Å².